The van der Waals surface area contributed by atoms with Gasteiger partial charge in [-0.05, 0) is 5.56 Å². The van der Waals surface area contributed by atoms with Gasteiger partial charge in [-0.3, -0.25) is 14.3 Å². The monoisotopic (exact) mass is 290 g/mol. The second-order valence-corrected chi connectivity index (χ2v) is 4.71. The number of anilines is 2. The highest BCUT2D eigenvalue weighted by molar-refractivity contribution is 5.62. The predicted molar refractivity (Wildman–Crippen MR) is 81.6 cm³/mol. The van der Waals surface area contributed by atoms with Gasteiger partial charge in [0.15, 0.2) is 0 Å². The van der Waals surface area contributed by atoms with E-state index in [9.17, 15) is 9.59 Å². The SMILES string of the molecule is CN(CCO)c1c(N)n(Cc2ccccc2)c(=O)[nH]c1=O. The van der Waals surface area contributed by atoms with Crippen molar-refractivity contribution < 1.29 is 5.11 Å². The van der Waals surface area contributed by atoms with Crippen LogP contribution in [0.2, 0.25) is 0 Å². The number of likely N-dealkylation sites (N-methyl/N-ethyl adjacent to an activating group) is 1. The Morgan fingerprint density at radius 3 is 2.57 bits per heavy atom. The van der Waals surface area contributed by atoms with Crippen LogP contribution in [0.4, 0.5) is 11.5 Å². The van der Waals surface area contributed by atoms with Crippen molar-refractivity contribution in [3.05, 3.63) is 56.7 Å². The highest BCUT2D eigenvalue weighted by Crippen LogP contribution is 2.15. The van der Waals surface area contributed by atoms with Crippen molar-refractivity contribution in [2.75, 3.05) is 30.8 Å². The van der Waals surface area contributed by atoms with Crippen molar-refractivity contribution in [3.63, 3.8) is 0 Å². The summed E-state index contributed by atoms with van der Waals surface area (Å²) in [6.45, 7) is 0.395. The largest absolute Gasteiger partial charge is 0.395 e. The molecule has 21 heavy (non-hydrogen) atoms. The minimum Gasteiger partial charge on any atom is -0.395 e. The number of nitrogens with one attached hydrogen (secondary N) is 1. The number of H-pyrrole nitrogens is 1. The summed E-state index contributed by atoms with van der Waals surface area (Å²) in [5.74, 6) is 0.0866. The lowest BCUT2D eigenvalue weighted by atomic mass is 10.2. The number of hydrogen-bond donors (Lipinski definition) is 3. The summed E-state index contributed by atoms with van der Waals surface area (Å²) in [5.41, 5.74) is 5.95. The van der Waals surface area contributed by atoms with E-state index in [0.29, 0.717) is 0 Å². The normalized spacial score (nSPS) is 10.6. The fraction of sp³-hybridized carbons (Fsp3) is 0.286. The number of hydrogen-bond acceptors (Lipinski definition) is 5. The molecule has 0 saturated heterocycles. The Morgan fingerprint density at radius 2 is 1.95 bits per heavy atom. The van der Waals surface area contributed by atoms with Crippen LogP contribution < -0.4 is 21.9 Å². The molecule has 0 aliphatic heterocycles. The second kappa shape index (κ2) is 6.27. The fourth-order valence-electron chi connectivity index (χ4n) is 2.13. The Labute approximate surface area is 121 Å². The molecular formula is C14H18N4O3. The molecule has 0 aliphatic rings. The molecule has 0 radical (unpaired) electrons. The topological polar surface area (TPSA) is 104 Å². The predicted octanol–water partition coefficient (Wildman–Crippen LogP) is -0.404. The van der Waals surface area contributed by atoms with Gasteiger partial charge in [0.05, 0.1) is 13.2 Å². The van der Waals surface area contributed by atoms with Crippen molar-refractivity contribution >= 4 is 11.5 Å². The van der Waals surface area contributed by atoms with Crippen LogP contribution in [0.15, 0.2) is 39.9 Å². The molecule has 1 aromatic carbocycles. The number of nitrogens with two attached hydrogens (primary N) is 1. The number of nitrogen functional groups attached to an aromatic ring is 1. The average Bonchev–Trinajstić information content (AvgIpc) is 2.44. The van der Waals surface area contributed by atoms with E-state index in [0.717, 1.165) is 5.56 Å². The van der Waals surface area contributed by atoms with Gasteiger partial charge < -0.3 is 15.7 Å². The molecule has 0 aliphatic carbocycles. The quantitative estimate of drug-likeness (QED) is 0.695. The molecule has 2 rings (SSSR count). The number of aliphatic hydroxyl groups is 1. The van der Waals surface area contributed by atoms with Gasteiger partial charge in [-0.1, -0.05) is 30.3 Å². The van der Waals surface area contributed by atoms with Crippen LogP contribution in [0.25, 0.3) is 0 Å². The Hall–Kier alpha value is -2.54. The number of aromatic amines is 1. The van der Waals surface area contributed by atoms with Gasteiger partial charge in [-0.25, -0.2) is 4.79 Å². The van der Waals surface area contributed by atoms with Crippen molar-refractivity contribution in [3.8, 4) is 0 Å². The number of aromatic nitrogens is 2. The van der Waals surface area contributed by atoms with Crippen LogP contribution in [0.1, 0.15) is 5.56 Å². The minimum absolute atomic E-state index is 0.0866. The highest BCUT2D eigenvalue weighted by atomic mass is 16.3. The smallest absolute Gasteiger partial charge is 0.330 e. The molecule has 1 aromatic heterocycles. The van der Waals surface area contributed by atoms with E-state index >= 15 is 0 Å². The van der Waals surface area contributed by atoms with Crippen molar-refractivity contribution in [2.24, 2.45) is 0 Å². The van der Waals surface area contributed by atoms with Crippen molar-refractivity contribution in [1.29, 1.82) is 0 Å². The first-order valence-electron chi connectivity index (χ1n) is 6.53. The Kier molecular flexibility index (Phi) is 4.44. The van der Waals surface area contributed by atoms with Crippen molar-refractivity contribution in [1.82, 2.24) is 9.55 Å². The number of rotatable bonds is 5. The third-order valence-electron chi connectivity index (χ3n) is 3.21. The lowest BCUT2D eigenvalue weighted by molar-refractivity contribution is 0.304. The maximum atomic E-state index is 12.0. The third-order valence-corrected chi connectivity index (χ3v) is 3.21. The molecule has 0 unspecified atom stereocenters. The van der Waals surface area contributed by atoms with Gasteiger partial charge in [-0.2, -0.15) is 0 Å². The van der Waals surface area contributed by atoms with E-state index in [4.69, 9.17) is 10.8 Å². The molecule has 7 heteroatoms. The molecule has 0 saturated carbocycles. The van der Waals surface area contributed by atoms with E-state index in [1.807, 2.05) is 30.3 Å². The maximum Gasteiger partial charge on any atom is 0.330 e. The maximum absolute atomic E-state index is 12.0. The van der Waals surface area contributed by atoms with Gasteiger partial charge in [-0.15, -0.1) is 0 Å². The molecule has 0 spiro atoms. The summed E-state index contributed by atoms with van der Waals surface area (Å²) < 4.78 is 1.31. The minimum atomic E-state index is -0.558. The first kappa shape index (κ1) is 14.9. The van der Waals surface area contributed by atoms with Gasteiger partial charge in [0.25, 0.3) is 5.56 Å². The Bertz CT molecular complexity index is 721. The zero-order chi connectivity index (χ0) is 15.4. The molecule has 1 heterocycles. The van der Waals surface area contributed by atoms with E-state index < -0.39 is 11.2 Å². The van der Waals surface area contributed by atoms with E-state index in [2.05, 4.69) is 4.98 Å². The van der Waals surface area contributed by atoms with Crippen LogP contribution >= 0.6 is 0 Å². The van der Waals surface area contributed by atoms with E-state index in [1.165, 1.54) is 9.47 Å². The molecule has 0 amide bonds. The summed E-state index contributed by atoms with van der Waals surface area (Å²) in [6.07, 6.45) is 0. The van der Waals surface area contributed by atoms with E-state index in [1.54, 1.807) is 7.05 Å². The van der Waals surface area contributed by atoms with E-state index in [-0.39, 0.29) is 31.2 Å². The molecule has 0 atom stereocenters. The lowest BCUT2D eigenvalue weighted by Gasteiger charge is -2.20. The van der Waals surface area contributed by atoms with Crippen LogP contribution in [-0.4, -0.2) is 34.9 Å². The van der Waals surface area contributed by atoms with Gasteiger partial charge in [0.2, 0.25) is 0 Å². The average molecular weight is 290 g/mol. The molecular weight excluding hydrogens is 272 g/mol. The zero-order valence-electron chi connectivity index (χ0n) is 11.7. The molecule has 4 N–H and O–H groups in total. The Balaban J connectivity index is 2.49. The fourth-order valence-corrected chi connectivity index (χ4v) is 2.13. The molecule has 7 nitrogen and oxygen atoms in total. The summed E-state index contributed by atoms with van der Waals surface area (Å²) in [6, 6.07) is 9.34. The summed E-state index contributed by atoms with van der Waals surface area (Å²) >= 11 is 0. The van der Waals surface area contributed by atoms with Gasteiger partial charge in [0, 0.05) is 13.6 Å². The summed E-state index contributed by atoms with van der Waals surface area (Å²) in [4.78, 5) is 27.6. The highest BCUT2D eigenvalue weighted by Gasteiger charge is 2.15. The number of aliphatic hydroxyl groups excluding tert-OH is 1. The number of benzene rings is 1. The first-order chi connectivity index (χ1) is 10.0. The third kappa shape index (κ3) is 3.14. The second-order valence-electron chi connectivity index (χ2n) is 4.71. The molecule has 112 valence electrons. The molecule has 0 bridgehead atoms. The van der Waals surface area contributed by atoms with Gasteiger partial charge >= 0.3 is 5.69 Å². The van der Waals surface area contributed by atoms with Crippen LogP contribution in [-0.2, 0) is 6.54 Å². The summed E-state index contributed by atoms with van der Waals surface area (Å²) in [5, 5.41) is 8.98. The van der Waals surface area contributed by atoms with Crippen LogP contribution in [0.3, 0.4) is 0 Å². The Morgan fingerprint density at radius 1 is 1.29 bits per heavy atom. The van der Waals surface area contributed by atoms with Gasteiger partial charge in [0.1, 0.15) is 11.5 Å². The lowest BCUT2D eigenvalue weighted by Crippen LogP contribution is -2.38. The zero-order valence-corrected chi connectivity index (χ0v) is 11.7. The molecule has 0 fully saturated rings. The number of nitrogens with zero attached hydrogens (tertiary/aromatic N) is 2. The van der Waals surface area contributed by atoms with Crippen LogP contribution in [0, 0.1) is 0 Å². The van der Waals surface area contributed by atoms with Crippen LogP contribution in [0.5, 0.6) is 0 Å². The molecule has 2 aromatic rings. The van der Waals surface area contributed by atoms with Crippen molar-refractivity contribution in [2.45, 2.75) is 6.54 Å². The summed E-state index contributed by atoms with van der Waals surface area (Å²) in [7, 11) is 1.63. The first-order valence-corrected chi connectivity index (χ1v) is 6.53. The standard InChI is InChI=1S/C14H18N4O3/c1-17(7-8-19)11-12(15)18(14(21)16-13(11)20)9-10-5-3-2-4-6-10/h2-6,19H,7-9,15H2,1H3,(H,16,20,21).